The average Bonchev–Trinajstić information content (AvgIpc) is 3.13. The first-order chi connectivity index (χ1) is 13.5. The molecule has 29 heavy (non-hydrogen) atoms. The summed E-state index contributed by atoms with van der Waals surface area (Å²) in [6, 6.07) is 8.20. The van der Waals surface area contributed by atoms with Crippen LogP contribution in [0.1, 0.15) is 54.2 Å². The SMILES string of the molecule is COCC1(CNC(=O)c2cnn(-c3ccc(C)cc3)c2C(C)C)CCNCC1.Cl. The van der Waals surface area contributed by atoms with E-state index in [2.05, 4.69) is 48.6 Å². The van der Waals surface area contributed by atoms with E-state index in [1.165, 1.54) is 5.56 Å². The highest BCUT2D eigenvalue weighted by Crippen LogP contribution is 2.29. The first kappa shape index (κ1) is 23.4. The minimum absolute atomic E-state index is 0. The summed E-state index contributed by atoms with van der Waals surface area (Å²) in [6.07, 6.45) is 3.69. The minimum Gasteiger partial charge on any atom is -0.384 e. The number of piperidine rings is 1. The molecule has 1 saturated heterocycles. The summed E-state index contributed by atoms with van der Waals surface area (Å²) in [5.74, 6) is 0.118. The molecule has 3 rings (SSSR count). The third kappa shape index (κ3) is 5.38. The van der Waals surface area contributed by atoms with Crippen LogP contribution in [0.4, 0.5) is 0 Å². The topological polar surface area (TPSA) is 68.2 Å². The molecule has 0 aliphatic carbocycles. The smallest absolute Gasteiger partial charge is 0.254 e. The van der Waals surface area contributed by atoms with Gasteiger partial charge in [-0.25, -0.2) is 4.68 Å². The van der Waals surface area contributed by atoms with Gasteiger partial charge in [0.05, 0.1) is 29.7 Å². The lowest BCUT2D eigenvalue weighted by atomic mass is 9.79. The van der Waals surface area contributed by atoms with Gasteiger partial charge in [0.2, 0.25) is 0 Å². The first-order valence-corrected chi connectivity index (χ1v) is 10.1. The fraction of sp³-hybridized carbons (Fsp3) is 0.545. The number of aryl methyl sites for hydroxylation is 1. The predicted molar refractivity (Wildman–Crippen MR) is 118 cm³/mol. The van der Waals surface area contributed by atoms with Crippen LogP contribution in [-0.2, 0) is 4.74 Å². The predicted octanol–water partition coefficient (Wildman–Crippen LogP) is 3.47. The highest BCUT2D eigenvalue weighted by Gasteiger charge is 2.33. The van der Waals surface area contributed by atoms with Crippen molar-refractivity contribution >= 4 is 18.3 Å². The van der Waals surface area contributed by atoms with Gasteiger partial charge in [-0.05, 0) is 50.9 Å². The van der Waals surface area contributed by atoms with Crippen LogP contribution >= 0.6 is 12.4 Å². The molecule has 0 atom stereocenters. The summed E-state index contributed by atoms with van der Waals surface area (Å²) >= 11 is 0. The number of methoxy groups -OCH3 is 1. The van der Waals surface area contributed by atoms with Crippen molar-refractivity contribution in [2.45, 2.75) is 39.5 Å². The molecule has 6 nitrogen and oxygen atoms in total. The van der Waals surface area contributed by atoms with Gasteiger partial charge < -0.3 is 15.4 Å². The Bertz CT molecular complexity index is 790. The fourth-order valence-corrected chi connectivity index (χ4v) is 3.98. The Morgan fingerprint density at radius 1 is 1.28 bits per heavy atom. The Morgan fingerprint density at radius 3 is 2.52 bits per heavy atom. The van der Waals surface area contributed by atoms with Gasteiger partial charge in [-0.1, -0.05) is 31.5 Å². The Kier molecular flexibility index (Phi) is 8.25. The van der Waals surface area contributed by atoms with Gasteiger partial charge in [0, 0.05) is 19.1 Å². The van der Waals surface area contributed by atoms with E-state index in [1.807, 2.05) is 16.8 Å². The zero-order chi connectivity index (χ0) is 20.1. The number of hydrogen-bond acceptors (Lipinski definition) is 4. The third-order valence-electron chi connectivity index (χ3n) is 5.62. The molecule has 0 spiro atoms. The van der Waals surface area contributed by atoms with Crippen LogP contribution in [-0.4, -0.2) is 49.0 Å². The summed E-state index contributed by atoms with van der Waals surface area (Å²) in [7, 11) is 1.73. The van der Waals surface area contributed by atoms with Gasteiger partial charge in [-0.15, -0.1) is 12.4 Å². The number of carbonyl (C=O) groups is 1. The van der Waals surface area contributed by atoms with Crippen LogP contribution < -0.4 is 10.6 Å². The van der Waals surface area contributed by atoms with E-state index in [0.717, 1.165) is 37.3 Å². The lowest BCUT2D eigenvalue weighted by Crippen LogP contribution is -2.47. The van der Waals surface area contributed by atoms with E-state index in [9.17, 15) is 4.79 Å². The van der Waals surface area contributed by atoms with Crippen molar-refractivity contribution < 1.29 is 9.53 Å². The van der Waals surface area contributed by atoms with Gasteiger partial charge >= 0.3 is 0 Å². The number of rotatable bonds is 7. The molecule has 0 bridgehead atoms. The molecular weight excluding hydrogens is 388 g/mol. The molecular formula is C22H33ClN4O2. The second kappa shape index (κ2) is 10.2. The molecule has 1 amide bonds. The number of benzene rings is 1. The maximum absolute atomic E-state index is 13.0. The number of carbonyl (C=O) groups excluding carboxylic acids is 1. The molecule has 0 radical (unpaired) electrons. The van der Waals surface area contributed by atoms with E-state index in [-0.39, 0.29) is 29.6 Å². The molecule has 1 aromatic heterocycles. The quantitative estimate of drug-likeness (QED) is 0.719. The zero-order valence-electron chi connectivity index (χ0n) is 17.8. The number of ether oxygens (including phenoxy) is 1. The maximum atomic E-state index is 13.0. The molecule has 160 valence electrons. The number of nitrogens with zero attached hydrogens (tertiary/aromatic N) is 2. The highest BCUT2D eigenvalue weighted by molar-refractivity contribution is 5.95. The molecule has 1 aromatic carbocycles. The van der Waals surface area contributed by atoms with Crippen molar-refractivity contribution in [3.05, 3.63) is 47.3 Å². The van der Waals surface area contributed by atoms with Crippen LogP contribution in [0.15, 0.2) is 30.5 Å². The van der Waals surface area contributed by atoms with Gasteiger partial charge in [0.25, 0.3) is 5.91 Å². The van der Waals surface area contributed by atoms with E-state index in [0.29, 0.717) is 18.7 Å². The van der Waals surface area contributed by atoms with Crippen LogP contribution in [0.5, 0.6) is 0 Å². The van der Waals surface area contributed by atoms with E-state index < -0.39 is 0 Å². The number of amides is 1. The third-order valence-corrected chi connectivity index (χ3v) is 5.62. The minimum atomic E-state index is -0.0592. The Hall–Kier alpha value is -1.89. The summed E-state index contributed by atoms with van der Waals surface area (Å²) in [4.78, 5) is 13.0. The Balaban J connectivity index is 0.00000300. The number of halogens is 1. The summed E-state index contributed by atoms with van der Waals surface area (Å²) in [5.41, 5.74) is 3.76. The molecule has 1 aliphatic rings. The number of nitrogens with one attached hydrogen (secondary N) is 2. The van der Waals surface area contributed by atoms with Crippen LogP contribution in [0.25, 0.3) is 5.69 Å². The molecule has 7 heteroatoms. The summed E-state index contributed by atoms with van der Waals surface area (Å²) < 4.78 is 7.34. The second-order valence-corrected chi connectivity index (χ2v) is 8.21. The van der Waals surface area contributed by atoms with Crippen LogP contribution in [0.2, 0.25) is 0 Å². The van der Waals surface area contributed by atoms with E-state index in [1.54, 1.807) is 13.3 Å². The lowest BCUT2D eigenvalue weighted by Gasteiger charge is -2.37. The van der Waals surface area contributed by atoms with Crippen molar-refractivity contribution in [1.82, 2.24) is 20.4 Å². The normalized spacial score (nSPS) is 15.8. The van der Waals surface area contributed by atoms with Gasteiger partial charge in [-0.3, -0.25) is 4.79 Å². The lowest BCUT2D eigenvalue weighted by molar-refractivity contribution is 0.0511. The second-order valence-electron chi connectivity index (χ2n) is 8.21. The van der Waals surface area contributed by atoms with Crippen molar-refractivity contribution in [2.24, 2.45) is 5.41 Å². The number of aromatic nitrogens is 2. The van der Waals surface area contributed by atoms with Crippen LogP contribution in [0.3, 0.4) is 0 Å². The monoisotopic (exact) mass is 420 g/mol. The Morgan fingerprint density at radius 2 is 1.93 bits per heavy atom. The van der Waals surface area contributed by atoms with E-state index in [4.69, 9.17) is 4.74 Å². The summed E-state index contributed by atoms with van der Waals surface area (Å²) in [5, 5.41) is 11.1. The number of hydrogen-bond donors (Lipinski definition) is 2. The molecule has 1 fully saturated rings. The van der Waals surface area contributed by atoms with Gasteiger partial charge in [0.15, 0.2) is 0 Å². The molecule has 2 heterocycles. The molecule has 1 aliphatic heterocycles. The summed E-state index contributed by atoms with van der Waals surface area (Å²) in [6.45, 7) is 9.45. The van der Waals surface area contributed by atoms with Crippen LogP contribution in [0, 0.1) is 12.3 Å². The highest BCUT2D eigenvalue weighted by atomic mass is 35.5. The van der Waals surface area contributed by atoms with Gasteiger partial charge in [0.1, 0.15) is 0 Å². The van der Waals surface area contributed by atoms with Crippen molar-refractivity contribution in [3.63, 3.8) is 0 Å². The molecule has 2 N–H and O–H groups in total. The van der Waals surface area contributed by atoms with Gasteiger partial charge in [-0.2, -0.15) is 5.10 Å². The largest absolute Gasteiger partial charge is 0.384 e. The maximum Gasteiger partial charge on any atom is 0.254 e. The fourth-order valence-electron chi connectivity index (χ4n) is 3.98. The van der Waals surface area contributed by atoms with Crippen molar-refractivity contribution in [3.8, 4) is 5.69 Å². The average molecular weight is 421 g/mol. The van der Waals surface area contributed by atoms with E-state index >= 15 is 0 Å². The Labute approximate surface area is 179 Å². The molecule has 0 unspecified atom stereocenters. The standard InChI is InChI=1S/C22H32N4O2.ClH/c1-16(2)20-19(13-25-26(20)18-7-5-17(3)6-8-18)21(27)24-14-22(15-28-4)9-11-23-12-10-22;/h5-8,13,16,23H,9-12,14-15H2,1-4H3,(H,24,27);1H. The van der Waals surface area contributed by atoms with Crippen molar-refractivity contribution in [2.75, 3.05) is 33.4 Å². The van der Waals surface area contributed by atoms with Crippen molar-refractivity contribution in [1.29, 1.82) is 0 Å². The first-order valence-electron chi connectivity index (χ1n) is 10.1. The zero-order valence-corrected chi connectivity index (χ0v) is 18.6. The molecule has 2 aromatic rings. The molecule has 0 saturated carbocycles.